The summed E-state index contributed by atoms with van der Waals surface area (Å²) < 4.78 is 5.74. The summed E-state index contributed by atoms with van der Waals surface area (Å²) in [7, 11) is 0. The first-order valence-electron chi connectivity index (χ1n) is 7.31. The molecule has 0 spiro atoms. The predicted molar refractivity (Wildman–Crippen MR) is 77.7 cm³/mol. The molecule has 0 amide bonds. The molecule has 2 rings (SSSR count). The van der Waals surface area contributed by atoms with Crippen LogP contribution in [-0.2, 0) is 0 Å². The molecule has 1 heterocycles. The van der Waals surface area contributed by atoms with Gasteiger partial charge in [-0.05, 0) is 43.0 Å². The zero-order valence-corrected chi connectivity index (χ0v) is 11.9. The number of aliphatic hydroxyl groups excluding tert-OH is 1. The van der Waals surface area contributed by atoms with Crippen molar-refractivity contribution in [2.45, 2.75) is 51.2 Å². The molecule has 1 aliphatic heterocycles. The summed E-state index contributed by atoms with van der Waals surface area (Å²) in [6.45, 7) is 5.95. The maximum absolute atomic E-state index is 10.0. The van der Waals surface area contributed by atoms with Crippen LogP contribution < -0.4 is 10.1 Å². The van der Waals surface area contributed by atoms with Crippen molar-refractivity contribution in [1.29, 1.82) is 0 Å². The largest absolute Gasteiger partial charge is 0.493 e. The molecule has 1 aliphatic rings. The summed E-state index contributed by atoms with van der Waals surface area (Å²) in [5, 5.41) is 13.4. The predicted octanol–water partition coefficient (Wildman–Crippen LogP) is 2.69. The van der Waals surface area contributed by atoms with Gasteiger partial charge in [-0.2, -0.15) is 0 Å². The Balaban J connectivity index is 1.77. The number of hydrogen-bond acceptors (Lipinski definition) is 3. The molecule has 2 N–H and O–H groups in total. The molecular formula is C16H25NO2. The monoisotopic (exact) mass is 263 g/mol. The fraction of sp³-hybridized carbons (Fsp3) is 0.625. The number of benzene rings is 1. The van der Waals surface area contributed by atoms with Crippen molar-refractivity contribution < 1.29 is 9.84 Å². The van der Waals surface area contributed by atoms with Crippen molar-refractivity contribution in [3.63, 3.8) is 0 Å². The summed E-state index contributed by atoms with van der Waals surface area (Å²) >= 11 is 0. The van der Waals surface area contributed by atoms with Gasteiger partial charge in [0.15, 0.2) is 0 Å². The molecule has 106 valence electrons. The van der Waals surface area contributed by atoms with Crippen LogP contribution in [0.3, 0.4) is 0 Å². The van der Waals surface area contributed by atoms with Crippen LogP contribution in [0.4, 0.5) is 0 Å². The van der Waals surface area contributed by atoms with Gasteiger partial charge in [-0.15, -0.1) is 0 Å². The molecule has 0 bridgehead atoms. The van der Waals surface area contributed by atoms with Crippen LogP contribution in [0.25, 0.3) is 0 Å². The number of aliphatic hydroxyl groups is 1. The minimum absolute atomic E-state index is 0.255. The van der Waals surface area contributed by atoms with E-state index in [-0.39, 0.29) is 12.1 Å². The second-order valence-corrected chi connectivity index (χ2v) is 5.63. The Morgan fingerprint density at radius 2 is 2.26 bits per heavy atom. The fourth-order valence-electron chi connectivity index (χ4n) is 2.50. The van der Waals surface area contributed by atoms with Gasteiger partial charge in [0, 0.05) is 12.5 Å². The van der Waals surface area contributed by atoms with E-state index in [0.29, 0.717) is 18.9 Å². The molecule has 1 aromatic rings. The number of hydrogen-bond donors (Lipinski definition) is 2. The highest BCUT2D eigenvalue weighted by atomic mass is 16.5. The molecule has 3 nitrogen and oxygen atoms in total. The van der Waals surface area contributed by atoms with Gasteiger partial charge in [-0.25, -0.2) is 0 Å². The lowest BCUT2D eigenvalue weighted by Crippen LogP contribution is -2.35. The first-order valence-corrected chi connectivity index (χ1v) is 7.31. The van der Waals surface area contributed by atoms with Crippen LogP contribution in [-0.4, -0.2) is 30.4 Å². The van der Waals surface area contributed by atoms with Crippen molar-refractivity contribution in [3.05, 3.63) is 29.8 Å². The van der Waals surface area contributed by atoms with Gasteiger partial charge >= 0.3 is 0 Å². The first-order chi connectivity index (χ1) is 9.16. The van der Waals surface area contributed by atoms with Gasteiger partial charge in [0.1, 0.15) is 5.75 Å². The van der Waals surface area contributed by atoms with Gasteiger partial charge in [-0.1, -0.05) is 26.0 Å². The van der Waals surface area contributed by atoms with Crippen molar-refractivity contribution in [3.8, 4) is 5.75 Å². The standard InChI is InChI=1S/C16H25NO2/c1-12(2)13-5-3-6-14(11-13)19-10-8-16(18)15-7-4-9-17-15/h3,5-6,11-12,15-18H,4,7-10H2,1-2H3. The Morgan fingerprint density at radius 3 is 2.95 bits per heavy atom. The minimum Gasteiger partial charge on any atom is -0.493 e. The maximum Gasteiger partial charge on any atom is 0.119 e. The molecular weight excluding hydrogens is 238 g/mol. The van der Waals surface area contributed by atoms with E-state index >= 15 is 0 Å². The highest BCUT2D eigenvalue weighted by Crippen LogP contribution is 2.20. The smallest absolute Gasteiger partial charge is 0.119 e. The Bertz CT molecular complexity index is 386. The quantitative estimate of drug-likeness (QED) is 0.829. The second-order valence-electron chi connectivity index (χ2n) is 5.63. The third-order valence-electron chi connectivity index (χ3n) is 3.77. The SMILES string of the molecule is CC(C)c1cccc(OCCC(O)C2CCCN2)c1. The highest BCUT2D eigenvalue weighted by molar-refractivity contribution is 5.30. The van der Waals surface area contributed by atoms with E-state index < -0.39 is 0 Å². The minimum atomic E-state index is -0.296. The van der Waals surface area contributed by atoms with Gasteiger partial charge in [0.05, 0.1) is 12.7 Å². The van der Waals surface area contributed by atoms with Gasteiger partial charge in [0.2, 0.25) is 0 Å². The van der Waals surface area contributed by atoms with E-state index in [1.54, 1.807) is 0 Å². The molecule has 1 fully saturated rings. The summed E-state index contributed by atoms with van der Waals surface area (Å²) in [6.07, 6.45) is 2.63. The molecule has 0 aliphatic carbocycles. The Kier molecular flexibility index (Phi) is 5.23. The Hall–Kier alpha value is -1.06. The molecule has 2 unspecified atom stereocenters. The fourth-order valence-corrected chi connectivity index (χ4v) is 2.50. The molecule has 2 atom stereocenters. The molecule has 0 aromatic heterocycles. The van der Waals surface area contributed by atoms with E-state index in [9.17, 15) is 5.11 Å². The number of ether oxygens (including phenoxy) is 1. The van der Waals surface area contributed by atoms with Crippen molar-refractivity contribution in [1.82, 2.24) is 5.32 Å². The summed E-state index contributed by atoms with van der Waals surface area (Å²) in [4.78, 5) is 0. The van der Waals surface area contributed by atoms with Crippen LogP contribution in [0.5, 0.6) is 5.75 Å². The van der Waals surface area contributed by atoms with E-state index in [4.69, 9.17) is 4.74 Å². The lowest BCUT2D eigenvalue weighted by Gasteiger charge is -2.18. The first kappa shape index (κ1) is 14.4. The van der Waals surface area contributed by atoms with E-state index in [1.165, 1.54) is 12.0 Å². The van der Waals surface area contributed by atoms with Crippen LogP contribution in [0.15, 0.2) is 24.3 Å². The topological polar surface area (TPSA) is 41.5 Å². The van der Waals surface area contributed by atoms with Crippen LogP contribution in [0.1, 0.15) is 44.6 Å². The molecule has 3 heteroatoms. The normalized spacial score (nSPS) is 20.7. The number of nitrogens with one attached hydrogen (secondary N) is 1. The summed E-state index contributed by atoms with van der Waals surface area (Å²) in [5.74, 6) is 1.41. The second kappa shape index (κ2) is 6.92. The van der Waals surface area contributed by atoms with Gasteiger partial charge < -0.3 is 15.2 Å². The number of rotatable bonds is 6. The van der Waals surface area contributed by atoms with Gasteiger partial charge in [0.25, 0.3) is 0 Å². The van der Waals surface area contributed by atoms with Crippen LogP contribution in [0, 0.1) is 0 Å². The average molecular weight is 263 g/mol. The molecule has 19 heavy (non-hydrogen) atoms. The molecule has 0 radical (unpaired) electrons. The Labute approximate surface area is 116 Å². The molecule has 1 saturated heterocycles. The van der Waals surface area contributed by atoms with Crippen molar-refractivity contribution in [2.75, 3.05) is 13.2 Å². The van der Waals surface area contributed by atoms with Gasteiger partial charge in [-0.3, -0.25) is 0 Å². The molecule has 1 aromatic carbocycles. The van der Waals surface area contributed by atoms with E-state index in [1.807, 2.05) is 12.1 Å². The van der Waals surface area contributed by atoms with Crippen LogP contribution in [0.2, 0.25) is 0 Å². The summed E-state index contributed by atoms with van der Waals surface area (Å²) in [5.41, 5.74) is 1.29. The van der Waals surface area contributed by atoms with Crippen LogP contribution >= 0.6 is 0 Å². The zero-order valence-electron chi connectivity index (χ0n) is 11.9. The van der Waals surface area contributed by atoms with E-state index in [0.717, 1.165) is 18.7 Å². The maximum atomic E-state index is 10.0. The van der Waals surface area contributed by atoms with Crippen molar-refractivity contribution in [2.24, 2.45) is 0 Å². The molecule has 0 saturated carbocycles. The highest BCUT2D eigenvalue weighted by Gasteiger charge is 2.22. The third kappa shape index (κ3) is 4.22. The lowest BCUT2D eigenvalue weighted by atomic mass is 10.0. The van der Waals surface area contributed by atoms with E-state index in [2.05, 4.69) is 31.3 Å². The average Bonchev–Trinajstić information content (AvgIpc) is 2.93. The Morgan fingerprint density at radius 1 is 1.42 bits per heavy atom. The van der Waals surface area contributed by atoms with Crippen molar-refractivity contribution >= 4 is 0 Å². The lowest BCUT2D eigenvalue weighted by molar-refractivity contribution is 0.107. The third-order valence-corrected chi connectivity index (χ3v) is 3.77. The zero-order chi connectivity index (χ0) is 13.7. The summed E-state index contributed by atoms with van der Waals surface area (Å²) in [6, 6.07) is 8.47.